The van der Waals surface area contributed by atoms with E-state index in [-0.39, 0.29) is 0 Å². The third kappa shape index (κ3) is 4.77. The summed E-state index contributed by atoms with van der Waals surface area (Å²) >= 11 is 6.17. The lowest BCUT2D eigenvalue weighted by Gasteiger charge is -2.11. The number of aryl methyl sites for hydroxylation is 2. The summed E-state index contributed by atoms with van der Waals surface area (Å²) in [4.78, 5) is 0. The van der Waals surface area contributed by atoms with Gasteiger partial charge in [0, 0.05) is 22.8 Å². The average molecular weight is 352 g/mol. The maximum atomic E-state index is 6.17. The van der Waals surface area contributed by atoms with Crippen LogP contribution in [0.1, 0.15) is 22.3 Å². The van der Waals surface area contributed by atoms with Gasteiger partial charge in [-0.25, -0.2) is 0 Å². The normalized spacial score (nSPS) is 10.5. The zero-order valence-corrected chi connectivity index (χ0v) is 15.3. The van der Waals surface area contributed by atoms with E-state index >= 15 is 0 Å². The van der Waals surface area contributed by atoms with Crippen LogP contribution in [-0.4, -0.2) is 0 Å². The molecule has 0 aliphatic rings. The Bertz CT molecular complexity index is 860. The van der Waals surface area contributed by atoms with Crippen LogP contribution in [0.15, 0.2) is 66.7 Å². The summed E-state index contributed by atoms with van der Waals surface area (Å²) < 4.78 is 5.89. The van der Waals surface area contributed by atoms with Crippen LogP contribution in [0.25, 0.3) is 0 Å². The van der Waals surface area contributed by atoms with Gasteiger partial charge in [0.05, 0.1) is 0 Å². The number of anilines is 1. The molecule has 0 aliphatic heterocycles. The van der Waals surface area contributed by atoms with Crippen LogP contribution in [0.3, 0.4) is 0 Å². The van der Waals surface area contributed by atoms with Gasteiger partial charge in [0.1, 0.15) is 12.4 Å². The molecule has 0 amide bonds. The molecule has 0 aliphatic carbocycles. The van der Waals surface area contributed by atoms with E-state index < -0.39 is 0 Å². The summed E-state index contributed by atoms with van der Waals surface area (Å²) in [6, 6.07) is 22.3. The number of ether oxygens (including phenoxy) is 1. The maximum absolute atomic E-state index is 6.17. The van der Waals surface area contributed by atoms with E-state index in [1.807, 2.05) is 36.4 Å². The Hall–Kier alpha value is -2.45. The first-order valence-corrected chi connectivity index (χ1v) is 8.76. The lowest BCUT2D eigenvalue weighted by molar-refractivity contribution is 0.306. The van der Waals surface area contributed by atoms with Crippen LogP contribution in [0.2, 0.25) is 5.02 Å². The van der Waals surface area contributed by atoms with Gasteiger partial charge >= 0.3 is 0 Å². The van der Waals surface area contributed by atoms with Gasteiger partial charge in [-0.15, -0.1) is 0 Å². The molecule has 3 aromatic rings. The molecule has 0 saturated carbocycles. The molecular formula is C22H22ClNO. The highest BCUT2D eigenvalue weighted by Gasteiger charge is 2.02. The van der Waals surface area contributed by atoms with E-state index in [9.17, 15) is 0 Å². The monoisotopic (exact) mass is 351 g/mol. The van der Waals surface area contributed by atoms with Crippen molar-refractivity contribution in [1.82, 2.24) is 0 Å². The van der Waals surface area contributed by atoms with Gasteiger partial charge in [0.2, 0.25) is 0 Å². The molecule has 3 aromatic carbocycles. The quantitative estimate of drug-likeness (QED) is 0.575. The van der Waals surface area contributed by atoms with Gasteiger partial charge in [-0.2, -0.15) is 0 Å². The summed E-state index contributed by atoms with van der Waals surface area (Å²) in [5, 5.41) is 4.19. The zero-order valence-electron chi connectivity index (χ0n) is 14.6. The molecule has 25 heavy (non-hydrogen) atoms. The molecule has 0 bridgehead atoms. The third-order valence-electron chi connectivity index (χ3n) is 4.25. The molecule has 2 nitrogen and oxygen atoms in total. The molecule has 3 heteroatoms. The Balaban J connectivity index is 1.61. The van der Waals surface area contributed by atoms with E-state index in [0.29, 0.717) is 6.61 Å². The molecule has 0 radical (unpaired) electrons. The van der Waals surface area contributed by atoms with Crippen LogP contribution in [0, 0.1) is 13.8 Å². The average Bonchev–Trinajstić information content (AvgIpc) is 2.62. The number of rotatable bonds is 6. The fourth-order valence-electron chi connectivity index (χ4n) is 2.58. The van der Waals surface area contributed by atoms with Crippen molar-refractivity contribution in [2.45, 2.75) is 27.0 Å². The van der Waals surface area contributed by atoms with Gasteiger partial charge < -0.3 is 10.1 Å². The highest BCUT2D eigenvalue weighted by atomic mass is 35.5. The predicted octanol–water partition coefficient (Wildman–Crippen LogP) is 6.15. The van der Waals surface area contributed by atoms with E-state index in [1.165, 1.54) is 16.7 Å². The second-order valence-corrected chi connectivity index (χ2v) is 6.59. The molecule has 0 saturated heterocycles. The van der Waals surface area contributed by atoms with Gasteiger partial charge in [-0.05, 0) is 60.9 Å². The van der Waals surface area contributed by atoms with Crippen molar-refractivity contribution in [1.29, 1.82) is 0 Å². The van der Waals surface area contributed by atoms with Gasteiger partial charge in [-0.1, -0.05) is 48.0 Å². The standard InChI is InChI=1S/C22H22ClNO/c1-16-10-11-20(12-17(16)2)24-14-18-6-5-8-21(13-18)25-15-19-7-3-4-9-22(19)23/h3-13,24H,14-15H2,1-2H3. The summed E-state index contributed by atoms with van der Waals surface area (Å²) in [6.45, 7) is 5.47. The lowest BCUT2D eigenvalue weighted by Crippen LogP contribution is -2.01. The minimum atomic E-state index is 0.466. The highest BCUT2D eigenvalue weighted by Crippen LogP contribution is 2.20. The van der Waals surface area contributed by atoms with Crippen LogP contribution in [-0.2, 0) is 13.2 Å². The van der Waals surface area contributed by atoms with E-state index in [1.54, 1.807) is 0 Å². The summed E-state index contributed by atoms with van der Waals surface area (Å²) in [7, 11) is 0. The minimum Gasteiger partial charge on any atom is -0.489 e. The van der Waals surface area contributed by atoms with Crippen LogP contribution in [0.5, 0.6) is 5.75 Å². The Kier molecular flexibility index (Phi) is 5.62. The SMILES string of the molecule is Cc1ccc(NCc2cccc(OCc3ccccc3Cl)c2)cc1C. The zero-order chi connectivity index (χ0) is 17.6. The summed E-state index contributed by atoms with van der Waals surface area (Å²) in [5.41, 5.74) is 5.89. The topological polar surface area (TPSA) is 21.3 Å². The number of benzene rings is 3. The highest BCUT2D eigenvalue weighted by molar-refractivity contribution is 6.31. The molecular weight excluding hydrogens is 330 g/mol. The van der Waals surface area contributed by atoms with Crippen molar-refractivity contribution in [3.05, 3.63) is 94.0 Å². The molecule has 0 fully saturated rings. The fraction of sp³-hybridized carbons (Fsp3) is 0.182. The first-order valence-electron chi connectivity index (χ1n) is 8.38. The minimum absolute atomic E-state index is 0.466. The largest absolute Gasteiger partial charge is 0.489 e. The second kappa shape index (κ2) is 8.09. The number of nitrogens with one attached hydrogen (secondary N) is 1. The molecule has 3 rings (SSSR count). The van der Waals surface area contributed by atoms with Crippen LogP contribution < -0.4 is 10.1 Å². The molecule has 0 heterocycles. The fourth-order valence-corrected chi connectivity index (χ4v) is 2.77. The number of hydrogen-bond acceptors (Lipinski definition) is 2. The predicted molar refractivity (Wildman–Crippen MR) is 105 cm³/mol. The third-order valence-corrected chi connectivity index (χ3v) is 4.62. The lowest BCUT2D eigenvalue weighted by atomic mass is 10.1. The molecule has 0 spiro atoms. The molecule has 0 unspecified atom stereocenters. The molecule has 0 atom stereocenters. The van der Waals surface area contributed by atoms with Crippen LogP contribution >= 0.6 is 11.6 Å². The Morgan fingerprint density at radius 1 is 0.880 bits per heavy atom. The second-order valence-electron chi connectivity index (χ2n) is 6.18. The molecule has 128 valence electrons. The van der Waals surface area contributed by atoms with Crippen molar-refractivity contribution < 1.29 is 4.74 Å². The van der Waals surface area contributed by atoms with Crippen molar-refractivity contribution in [3.63, 3.8) is 0 Å². The Morgan fingerprint density at radius 2 is 1.72 bits per heavy atom. The van der Waals surface area contributed by atoms with Crippen molar-refractivity contribution in [2.24, 2.45) is 0 Å². The summed E-state index contributed by atoms with van der Waals surface area (Å²) in [5.74, 6) is 0.847. The van der Waals surface area contributed by atoms with Crippen molar-refractivity contribution in [2.75, 3.05) is 5.32 Å². The van der Waals surface area contributed by atoms with E-state index in [2.05, 4.69) is 49.5 Å². The van der Waals surface area contributed by atoms with E-state index in [0.717, 1.165) is 28.6 Å². The van der Waals surface area contributed by atoms with Gasteiger partial charge in [0.25, 0.3) is 0 Å². The van der Waals surface area contributed by atoms with Crippen molar-refractivity contribution >= 4 is 17.3 Å². The van der Waals surface area contributed by atoms with Gasteiger partial charge in [0.15, 0.2) is 0 Å². The Labute approximate surface area is 154 Å². The smallest absolute Gasteiger partial charge is 0.120 e. The number of halogens is 1. The first kappa shape index (κ1) is 17.4. The van der Waals surface area contributed by atoms with Crippen LogP contribution in [0.4, 0.5) is 5.69 Å². The van der Waals surface area contributed by atoms with E-state index in [4.69, 9.17) is 16.3 Å². The molecule has 0 aromatic heterocycles. The number of hydrogen-bond donors (Lipinski definition) is 1. The maximum Gasteiger partial charge on any atom is 0.120 e. The van der Waals surface area contributed by atoms with Crippen molar-refractivity contribution in [3.8, 4) is 5.75 Å². The Morgan fingerprint density at radius 3 is 2.52 bits per heavy atom. The van der Waals surface area contributed by atoms with Gasteiger partial charge in [-0.3, -0.25) is 0 Å². The first-order chi connectivity index (χ1) is 12.1. The summed E-state index contributed by atoms with van der Waals surface area (Å²) in [6.07, 6.45) is 0. The molecule has 1 N–H and O–H groups in total.